The van der Waals surface area contributed by atoms with Gasteiger partial charge >= 0.3 is 5.97 Å². The van der Waals surface area contributed by atoms with Crippen LogP contribution in [0.4, 0.5) is 0 Å². The van der Waals surface area contributed by atoms with Crippen molar-refractivity contribution in [2.24, 2.45) is 5.11 Å². The molecular weight excluding hydrogens is 282 g/mol. The molecule has 0 amide bonds. The van der Waals surface area contributed by atoms with E-state index in [1.54, 1.807) is 0 Å². The van der Waals surface area contributed by atoms with Gasteiger partial charge in [0.05, 0.1) is 0 Å². The highest BCUT2D eigenvalue weighted by Crippen LogP contribution is 2.37. The van der Waals surface area contributed by atoms with E-state index in [1.807, 2.05) is 39.0 Å². The van der Waals surface area contributed by atoms with Gasteiger partial charge in [0, 0.05) is 0 Å². The average molecular weight is 304 g/mol. The number of ether oxygens (including phenoxy) is 2. The Kier molecular flexibility index (Phi) is 4.93. The van der Waals surface area contributed by atoms with Crippen LogP contribution in [-0.4, -0.2) is 18.2 Å². The monoisotopic (exact) mass is 304 g/mol. The Bertz CT molecular complexity index is 601. The Morgan fingerprint density at radius 2 is 2.23 bits per heavy atom. The lowest BCUT2D eigenvalue weighted by Crippen LogP contribution is -2.27. The first-order valence-corrected chi connectivity index (χ1v) is 7.44. The second-order valence-electron chi connectivity index (χ2n) is 6.32. The highest BCUT2D eigenvalue weighted by atomic mass is 16.6. The number of fused-ring (bicyclic) bond motifs is 1. The third-order valence-corrected chi connectivity index (χ3v) is 3.40. The topological polar surface area (TPSA) is 85.8 Å². The largest absolute Gasteiger partial charge is 0.482 e. The third-order valence-electron chi connectivity index (χ3n) is 3.40. The number of nitrogens with zero attached hydrogens (tertiary/aromatic N) is 2. The molecule has 118 valence electrons. The molecule has 0 fully saturated rings. The smallest absolute Gasteiger partial charge is 0.344 e. The van der Waals surface area contributed by atoms with Gasteiger partial charge in [0.15, 0.2) is 12.6 Å². The molecule has 0 aromatic heterocycles. The summed E-state index contributed by atoms with van der Waals surface area (Å²) in [4.78, 5) is 14.9. The molecule has 1 aliphatic rings. The predicted octanol–water partition coefficient (Wildman–Crippen LogP) is 3.33. The van der Waals surface area contributed by atoms with Crippen LogP contribution < -0.4 is 9.65 Å². The highest BCUT2D eigenvalue weighted by molar-refractivity contribution is 5.71. The SMILES string of the molecule is CC(C)(C)OC(=O)COc1cccc2c1CCC[C@H]2N=[N+]=N. The van der Waals surface area contributed by atoms with Crippen molar-refractivity contribution in [1.82, 2.24) is 4.91 Å². The van der Waals surface area contributed by atoms with Gasteiger partial charge in [-0.1, -0.05) is 12.1 Å². The number of hydrogen-bond acceptors (Lipinski definition) is 5. The molecule has 1 N–H and O–H groups in total. The minimum Gasteiger partial charge on any atom is -0.482 e. The fourth-order valence-corrected chi connectivity index (χ4v) is 2.62. The highest BCUT2D eigenvalue weighted by Gasteiger charge is 2.26. The lowest BCUT2D eigenvalue weighted by atomic mass is 9.87. The van der Waals surface area contributed by atoms with E-state index in [-0.39, 0.29) is 18.6 Å². The zero-order valence-electron chi connectivity index (χ0n) is 13.3. The van der Waals surface area contributed by atoms with Crippen molar-refractivity contribution >= 4 is 5.97 Å². The van der Waals surface area contributed by atoms with Crippen LogP contribution in [0.5, 0.6) is 5.75 Å². The molecule has 0 unspecified atom stereocenters. The second-order valence-corrected chi connectivity index (χ2v) is 6.32. The Labute approximate surface area is 130 Å². The Balaban J connectivity index is 2.11. The normalized spacial score (nSPS) is 17.1. The Hall–Kier alpha value is -2.20. The molecule has 0 spiro atoms. The maximum Gasteiger partial charge on any atom is 0.344 e. The summed E-state index contributed by atoms with van der Waals surface area (Å²) in [6.45, 7) is 5.36. The van der Waals surface area contributed by atoms with Gasteiger partial charge in [0.25, 0.3) is 0 Å². The first kappa shape index (κ1) is 16.2. The van der Waals surface area contributed by atoms with Crippen LogP contribution >= 0.6 is 0 Å². The number of nitrogens with one attached hydrogen (secondary N) is 1. The lowest BCUT2D eigenvalue weighted by molar-refractivity contribution is -0.157. The summed E-state index contributed by atoms with van der Waals surface area (Å²) in [5.74, 6) is 0.302. The van der Waals surface area contributed by atoms with Gasteiger partial charge in [-0.15, -0.1) is 0 Å². The van der Waals surface area contributed by atoms with Crippen LogP contribution in [0.2, 0.25) is 0 Å². The van der Waals surface area contributed by atoms with Crippen molar-refractivity contribution in [3.8, 4) is 5.75 Å². The van der Waals surface area contributed by atoms with Crippen LogP contribution in [0.3, 0.4) is 0 Å². The van der Waals surface area contributed by atoms with E-state index in [4.69, 9.17) is 15.0 Å². The number of carbonyl (C=O) groups excluding carboxylic acids is 1. The fourth-order valence-electron chi connectivity index (χ4n) is 2.62. The quantitative estimate of drug-likeness (QED) is 0.526. The number of hydrogen-bond donors (Lipinski definition) is 1. The van der Waals surface area contributed by atoms with E-state index in [0.717, 1.165) is 30.4 Å². The standard InChI is InChI=1S/C16H22N3O3/c1-16(2,3)22-15(20)10-21-14-9-5-6-11-12(14)7-4-8-13(11)18-19-17/h5-6,9,13,17H,4,7-8,10H2,1-3H3/q+1/t13-/m1/s1. The third kappa shape index (κ3) is 4.15. The van der Waals surface area contributed by atoms with Gasteiger partial charge in [-0.3, -0.25) is 0 Å². The van der Waals surface area contributed by atoms with Gasteiger partial charge in [-0.2, -0.15) is 0 Å². The van der Waals surface area contributed by atoms with Crippen LogP contribution in [0.1, 0.15) is 50.8 Å². The van der Waals surface area contributed by atoms with Crippen LogP contribution in [-0.2, 0) is 16.0 Å². The van der Waals surface area contributed by atoms with E-state index in [2.05, 4.69) is 10.0 Å². The summed E-state index contributed by atoms with van der Waals surface area (Å²) in [5, 5.41) is 3.95. The number of benzene rings is 1. The number of carbonyl (C=O) groups is 1. The van der Waals surface area contributed by atoms with Crippen LogP contribution in [0.15, 0.2) is 23.3 Å². The number of rotatable bonds is 4. The summed E-state index contributed by atoms with van der Waals surface area (Å²) in [6.07, 6.45) is 2.72. The molecule has 6 heteroatoms. The zero-order valence-corrected chi connectivity index (χ0v) is 13.3. The zero-order chi connectivity index (χ0) is 16.2. The van der Waals surface area contributed by atoms with Crippen LogP contribution in [0, 0.1) is 5.53 Å². The molecule has 1 aliphatic carbocycles. The maximum atomic E-state index is 11.8. The van der Waals surface area contributed by atoms with E-state index in [9.17, 15) is 4.79 Å². The molecule has 0 aliphatic heterocycles. The summed E-state index contributed by atoms with van der Waals surface area (Å²) in [7, 11) is 0. The average Bonchev–Trinajstić information content (AvgIpc) is 2.44. The first-order valence-electron chi connectivity index (χ1n) is 7.44. The molecular formula is C16H22N3O3+. The summed E-state index contributed by atoms with van der Waals surface area (Å²) in [6, 6.07) is 5.62. The number of esters is 1. The van der Waals surface area contributed by atoms with Crippen molar-refractivity contribution in [1.29, 1.82) is 5.53 Å². The van der Waals surface area contributed by atoms with Crippen molar-refractivity contribution < 1.29 is 14.3 Å². The van der Waals surface area contributed by atoms with Gasteiger partial charge in [0.1, 0.15) is 22.0 Å². The van der Waals surface area contributed by atoms with E-state index < -0.39 is 5.60 Å². The Morgan fingerprint density at radius 3 is 2.91 bits per heavy atom. The molecule has 0 saturated heterocycles. The van der Waals surface area contributed by atoms with E-state index in [0.29, 0.717) is 5.75 Å². The molecule has 0 heterocycles. The van der Waals surface area contributed by atoms with Crippen molar-refractivity contribution in [3.05, 3.63) is 29.3 Å². The van der Waals surface area contributed by atoms with Crippen molar-refractivity contribution in [2.45, 2.75) is 51.7 Å². The molecule has 2 rings (SSSR count). The molecule has 0 saturated carbocycles. The maximum absolute atomic E-state index is 11.8. The van der Waals surface area contributed by atoms with Gasteiger partial charge < -0.3 is 9.47 Å². The Morgan fingerprint density at radius 1 is 1.45 bits per heavy atom. The van der Waals surface area contributed by atoms with Gasteiger partial charge in [-0.05, 0) is 57.2 Å². The molecule has 1 aromatic carbocycles. The minimum atomic E-state index is -0.518. The summed E-state index contributed by atoms with van der Waals surface area (Å²) >= 11 is 0. The fraction of sp³-hybridized carbons (Fsp3) is 0.562. The van der Waals surface area contributed by atoms with Gasteiger partial charge in [-0.25, -0.2) is 4.79 Å². The summed E-state index contributed by atoms with van der Waals surface area (Å²) < 4.78 is 10.9. The summed E-state index contributed by atoms with van der Waals surface area (Å²) in [5.41, 5.74) is 8.48. The second kappa shape index (κ2) is 6.71. The molecule has 6 nitrogen and oxygen atoms in total. The van der Waals surface area contributed by atoms with Crippen LogP contribution in [0.25, 0.3) is 0 Å². The van der Waals surface area contributed by atoms with E-state index >= 15 is 0 Å². The molecule has 0 bridgehead atoms. The lowest BCUT2D eigenvalue weighted by Gasteiger charge is -2.22. The minimum absolute atomic E-state index is 0.0914. The molecule has 1 aromatic rings. The molecule has 0 radical (unpaired) electrons. The molecule has 22 heavy (non-hydrogen) atoms. The first-order chi connectivity index (χ1) is 10.4. The van der Waals surface area contributed by atoms with Crippen molar-refractivity contribution in [2.75, 3.05) is 6.61 Å². The molecule has 1 atom stereocenters. The van der Waals surface area contributed by atoms with E-state index in [1.165, 1.54) is 0 Å². The predicted molar refractivity (Wildman–Crippen MR) is 80.7 cm³/mol. The van der Waals surface area contributed by atoms with Gasteiger partial charge in [0.2, 0.25) is 4.91 Å². The van der Waals surface area contributed by atoms with Crippen molar-refractivity contribution in [3.63, 3.8) is 0 Å².